The van der Waals surface area contributed by atoms with Crippen LogP contribution in [0, 0.1) is 0 Å². The molecule has 0 aliphatic heterocycles. The fourth-order valence-electron chi connectivity index (χ4n) is 10.7. The summed E-state index contributed by atoms with van der Waals surface area (Å²) in [5.41, 5.74) is 11.1. The monoisotopic (exact) mass is 1040 g/mol. The van der Waals surface area contributed by atoms with E-state index in [1.54, 1.807) is 59.7 Å². The van der Waals surface area contributed by atoms with Crippen molar-refractivity contribution in [1.82, 2.24) is 0 Å². The Labute approximate surface area is 456 Å². The third-order valence-corrected chi connectivity index (χ3v) is 19.1. The average molecular weight is 1040 g/mol. The van der Waals surface area contributed by atoms with Crippen LogP contribution in [0.2, 0.25) is 0 Å². The smallest absolute Gasteiger partial charge is 1.00 e. The molecule has 380 valence electrons. The maximum Gasteiger partial charge on any atom is 4.00 e. The molecule has 68 heavy (non-hydrogen) atoms. The average Bonchev–Trinajstić information content (AvgIpc) is 3.79. The second-order valence-electron chi connectivity index (χ2n) is 21.3. The van der Waals surface area contributed by atoms with Crippen LogP contribution in [0.3, 0.4) is 0 Å². The van der Waals surface area contributed by atoms with E-state index in [1.807, 2.05) is 0 Å². The Hall–Kier alpha value is -1.19. The van der Waals surface area contributed by atoms with Crippen molar-refractivity contribution in [3.8, 4) is 0 Å². The van der Waals surface area contributed by atoms with Gasteiger partial charge in [0.05, 0.1) is 0 Å². The molecule has 0 atom stereocenters. The van der Waals surface area contributed by atoms with Crippen molar-refractivity contribution in [2.45, 2.75) is 260 Å². The van der Waals surface area contributed by atoms with Crippen LogP contribution in [-0.2, 0) is 65.7 Å². The Kier molecular flexibility index (Phi) is 36.9. The molecule has 0 aliphatic carbocycles. The summed E-state index contributed by atoms with van der Waals surface area (Å²) in [6, 6.07) is 32.3. The maximum absolute atomic E-state index is 2.92. The Bertz CT molecular complexity index is 1610. The molecule has 0 unspecified atom stereocenters. The van der Waals surface area contributed by atoms with E-state index in [0.717, 1.165) is 0 Å². The summed E-state index contributed by atoms with van der Waals surface area (Å²) in [4.78, 5) is 0. The van der Waals surface area contributed by atoms with Crippen molar-refractivity contribution in [3.63, 3.8) is 0 Å². The number of rotatable bonds is 34. The Morgan fingerprint density at radius 1 is 0.353 bits per heavy atom. The van der Waals surface area contributed by atoms with Crippen molar-refractivity contribution in [2.75, 3.05) is 0 Å². The molecule has 0 radical (unpaired) electrons. The van der Waals surface area contributed by atoms with Crippen molar-refractivity contribution >= 4 is 28.8 Å². The van der Waals surface area contributed by atoms with Gasteiger partial charge in [-0.05, 0) is 116 Å². The summed E-state index contributed by atoms with van der Waals surface area (Å²) < 4.78 is 0. The Morgan fingerprint density at radius 3 is 0.794 bits per heavy atom. The predicted molar refractivity (Wildman–Crippen MR) is 291 cm³/mol. The minimum atomic E-state index is -2.92. The third kappa shape index (κ3) is 21.5. The number of hydrogen-bond donors (Lipinski definition) is 0. The number of aryl methyl sites for hydroxylation is 6. The van der Waals surface area contributed by atoms with Crippen molar-refractivity contribution < 1.29 is 58.9 Å². The molecule has 4 aromatic carbocycles. The molecular weight excluding hydrogens is 939 g/mol. The Morgan fingerprint density at radius 2 is 0.588 bits per heavy atom. The van der Waals surface area contributed by atoms with Crippen LogP contribution in [0.5, 0.6) is 0 Å². The van der Waals surface area contributed by atoms with Gasteiger partial charge in [-0.3, -0.25) is 0 Å². The number of unbranched alkanes of at least 4 members (excludes halogenated alkanes) is 18. The standard InChI is InChI=1S/C63H99Si.3ClH.Ti/c1-10-16-22-28-35-52-43-53(36-29-23-17-11-2)47-58(46-52)64(62-42-34-41-61(62)63(7,8)9,59-48-54(37-30-24-18-12-3)44-55(49-59)38-31-25-19-13-4)60-50-56(39-32-26-20-14-5)45-57(51-60)40-33-27-21-15-6;;;;/h34,41-51H,10-33,35-40H2,1-9H3;3*1H;/q-1;;;;+4/p-3. The first-order valence-corrected chi connectivity index (χ1v) is 29.8. The second kappa shape index (κ2) is 37.5. The predicted octanol–water partition coefficient (Wildman–Crippen LogP) is 7.83. The largest absolute Gasteiger partial charge is 4.00 e. The summed E-state index contributed by atoms with van der Waals surface area (Å²) in [5.74, 6) is 0. The van der Waals surface area contributed by atoms with Gasteiger partial charge in [-0.1, -0.05) is 248 Å². The number of hydrogen-bond acceptors (Lipinski definition) is 0. The van der Waals surface area contributed by atoms with Crippen LogP contribution in [0.25, 0.3) is 0 Å². The van der Waals surface area contributed by atoms with E-state index in [0.29, 0.717) is 0 Å². The molecule has 0 N–H and O–H groups in total. The summed E-state index contributed by atoms with van der Waals surface area (Å²) >= 11 is 0. The minimum Gasteiger partial charge on any atom is -1.00 e. The van der Waals surface area contributed by atoms with Gasteiger partial charge in [0.2, 0.25) is 0 Å². The fourth-order valence-corrected chi connectivity index (χ4v) is 16.3. The summed E-state index contributed by atoms with van der Waals surface area (Å²) in [5, 5.41) is 6.62. The molecule has 0 spiro atoms. The summed E-state index contributed by atoms with van der Waals surface area (Å²) in [7, 11) is -2.92. The van der Waals surface area contributed by atoms with Crippen LogP contribution < -0.4 is 58.0 Å². The van der Waals surface area contributed by atoms with Crippen LogP contribution in [-0.4, -0.2) is 8.07 Å². The van der Waals surface area contributed by atoms with E-state index in [9.17, 15) is 0 Å². The molecule has 4 rings (SSSR count). The van der Waals surface area contributed by atoms with E-state index in [1.165, 1.54) is 193 Å². The van der Waals surface area contributed by atoms with Crippen molar-refractivity contribution in [2.24, 2.45) is 0 Å². The normalized spacial score (nSPS) is 11.4. The number of benzene rings is 3. The van der Waals surface area contributed by atoms with E-state index >= 15 is 0 Å². The SMILES string of the molecule is CCCCCCc1cc(CCCCCC)cc([Si](c2cc(CCCCCC)cc(CCCCCC)c2)(c2cc(CCCCCC)cc(CCCCCC)c2)[c-]2cccc2C(C)(C)C)c1.[Cl-].[Cl-].[Cl-].[Ti+4]. The molecule has 0 aromatic heterocycles. The zero-order valence-electron chi connectivity index (χ0n) is 45.3. The van der Waals surface area contributed by atoms with Gasteiger partial charge in [0.15, 0.2) is 0 Å². The number of halogens is 3. The first-order chi connectivity index (χ1) is 31.1. The molecule has 0 nitrogen and oxygen atoms in total. The minimum absolute atomic E-state index is 0. The molecule has 0 heterocycles. The molecule has 4 aromatic rings. The fraction of sp³-hybridized carbons (Fsp3) is 0.635. The van der Waals surface area contributed by atoms with Gasteiger partial charge in [0.25, 0.3) is 0 Å². The molecule has 0 saturated heterocycles. The maximum atomic E-state index is 2.79. The van der Waals surface area contributed by atoms with Crippen LogP contribution in [0.15, 0.2) is 72.8 Å². The van der Waals surface area contributed by atoms with Gasteiger partial charge in [-0.25, -0.2) is 12.1 Å². The Balaban J connectivity index is 0.0000112. The van der Waals surface area contributed by atoms with Gasteiger partial charge in [0.1, 0.15) is 8.07 Å². The van der Waals surface area contributed by atoms with Crippen molar-refractivity contribution in [1.29, 1.82) is 0 Å². The molecule has 0 saturated carbocycles. The van der Waals surface area contributed by atoms with E-state index in [2.05, 4.69) is 135 Å². The van der Waals surface area contributed by atoms with Gasteiger partial charge in [0, 0.05) is 0 Å². The first-order valence-electron chi connectivity index (χ1n) is 27.8. The van der Waals surface area contributed by atoms with Gasteiger partial charge in [-0.15, -0.1) is 5.19 Å². The van der Waals surface area contributed by atoms with Gasteiger partial charge < -0.3 is 37.2 Å². The molecule has 0 bridgehead atoms. The second-order valence-corrected chi connectivity index (χ2v) is 25.1. The molecule has 0 aliphatic rings. The van der Waals surface area contributed by atoms with E-state index in [-0.39, 0.29) is 64.4 Å². The topological polar surface area (TPSA) is 0 Å². The van der Waals surface area contributed by atoms with E-state index < -0.39 is 8.07 Å². The van der Waals surface area contributed by atoms with Crippen LogP contribution in [0.4, 0.5) is 0 Å². The van der Waals surface area contributed by atoms with Crippen LogP contribution in [0.1, 0.15) is 255 Å². The van der Waals surface area contributed by atoms with Crippen molar-refractivity contribution in [3.05, 3.63) is 112 Å². The molecule has 5 heteroatoms. The van der Waals surface area contributed by atoms with E-state index in [4.69, 9.17) is 0 Å². The zero-order chi connectivity index (χ0) is 46.0. The molecule has 0 fully saturated rings. The molecule has 0 amide bonds. The zero-order valence-corrected chi connectivity index (χ0v) is 50.1. The third-order valence-electron chi connectivity index (χ3n) is 14.4. The van der Waals surface area contributed by atoms with Crippen LogP contribution >= 0.6 is 0 Å². The summed E-state index contributed by atoms with van der Waals surface area (Å²) in [6.45, 7) is 21.6. The van der Waals surface area contributed by atoms with Gasteiger partial charge in [-0.2, -0.15) is 11.6 Å². The first kappa shape index (κ1) is 66.8. The quantitative estimate of drug-likeness (QED) is 0.0194. The summed E-state index contributed by atoms with van der Waals surface area (Å²) in [6.07, 6.45) is 38.6. The van der Waals surface area contributed by atoms with Gasteiger partial charge >= 0.3 is 21.7 Å². The molecular formula is C63H99Cl3SiTi.